The third-order valence-electron chi connectivity index (χ3n) is 1.72. The summed E-state index contributed by atoms with van der Waals surface area (Å²) in [6, 6.07) is 0. The number of nitrogens with zero attached hydrogens (tertiary/aromatic N) is 1. The zero-order valence-electron chi connectivity index (χ0n) is 9.26. The van der Waals surface area contributed by atoms with Crippen LogP contribution >= 0.6 is 0 Å². The molecule has 0 aliphatic carbocycles. The van der Waals surface area contributed by atoms with E-state index in [1.165, 1.54) is 6.92 Å². The molecule has 0 aromatic rings. The maximum atomic E-state index is 11.2. The molecule has 0 saturated carbocycles. The van der Waals surface area contributed by atoms with Gasteiger partial charge >= 0.3 is 0 Å². The van der Waals surface area contributed by atoms with Crippen molar-refractivity contribution in [2.24, 2.45) is 0 Å². The Morgan fingerprint density at radius 2 is 1.79 bits per heavy atom. The highest BCUT2D eigenvalue weighted by atomic mass is 35.5. The number of carbonyl (C=O) groups excluding carboxylic acids is 2. The molecule has 0 atom stereocenters. The molecule has 0 rings (SSSR count). The third-order valence-corrected chi connectivity index (χ3v) is 1.72. The van der Waals surface area contributed by atoms with Crippen LogP contribution in [0.15, 0.2) is 0 Å². The SMILES string of the molecule is CCC[N+](C)(C)CC(=O)NC(C)=O.[Cl-]. The standard InChI is InChI=1S/C9H18N2O2.ClH/c1-5-6-11(3,4)7-9(13)10-8(2)12;/h5-7H2,1-4H3;1H. The largest absolute Gasteiger partial charge is 1.00 e. The van der Waals surface area contributed by atoms with Crippen LogP contribution in [-0.2, 0) is 9.59 Å². The molecule has 0 spiro atoms. The van der Waals surface area contributed by atoms with E-state index in [1.54, 1.807) is 0 Å². The molecule has 0 aliphatic heterocycles. The molecule has 0 radical (unpaired) electrons. The molecule has 2 amide bonds. The van der Waals surface area contributed by atoms with Gasteiger partial charge in [0.1, 0.15) is 0 Å². The molecule has 5 heteroatoms. The van der Waals surface area contributed by atoms with E-state index in [2.05, 4.69) is 12.2 Å². The molecular weight excluding hydrogens is 204 g/mol. The topological polar surface area (TPSA) is 46.2 Å². The van der Waals surface area contributed by atoms with Crippen LogP contribution < -0.4 is 17.7 Å². The highest BCUT2D eigenvalue weighted by molar-refractivity contribution is 5.94. The Bertz CT molecular complexity index is 205. The second-order valence-electron chi connectivity index (χ2n) is 3.92. The monoisotopic (exact) mass is 222 g/mol. The minimum atomic E-state index is -0.290. The molecule has 0 aromatic carbocycles. The van der Waals surface area contributed by atoms with E-state index in [0.717, 1.165) is 13.0 Å². The van der Waals surface area contributed by atoms with E-state index in [9.17, 15) is 9.59 Å². The van der Waals surface area contributed by atoms with Crippen LogP contribution in [0.25, 0.3) is 0 Å². The van der Waals surface area contributed by atoms with Gasteiger partial charge in [-0.2, -0.15) is 0 Å². The number of amides is 2. The van der Waals surface area contributed by atoms with Crippen molar-refractivity contribution in [2.75, 3.05) is 27.2 Å². The molecule has 0 aliphatic rings. The third kappa shape index (κ3) is 8.01. The van der Waals surface area contributed by atoms with Gasteiger partial charge in [0.25, 0.3) is 5.91 Å². The number of quaternary nitrogens is 1. The van der Waals surface area contributed by atoms with Crippen molar-refractivity contribution in [1.82, 2.24) is 5.32 Å². The van der Waals surface area contributed by atoms with Gasteiger partial charge in [-0.3, -0.25) is 14.9 Å². The Kier molecular flexibility index (Phi) is 7.68. The van der Waals surface area contributed by atoms with Crippen LogP contribution in [-0.4, -0.2) is 43.5 Å². The van der Waals surface area contributed by atoms with Gasteiger partial charge < -0.3 is 16.9 Å². The second-order valence-corrected chi connectivity index (χ2v) is 3.92. The Labute approximate surface area is 91.7 Å². The lowest BCUT2D eigenvalue weighted by atomic mass is 10.3. The summed E-state index contributed by atoms with van der Waals surface area (Å²) < 4.78 is 0.621. The van der Waals surface area contributed by atoms with Crippen LogP contribution in [0.4, 0.5) is 0 Å². The molecular formula is C9H19ClN2O2. The molecule has 4 nitrogen and oxygen atoms in total. The van der Waals surface area contributed by atoms with Gasteiger partial charge in [-0.25, -0.2) is 0 Å². The molecule has 0 aromatic heterocycles. The fraction of sp³-hybridized carbons (Fsp3) is 0.778. The Morgan fingerprint density at radius 1 is 1.29 bits per heavy atom. The lowest BCUT2D eigenvalue weighted by molar-refractivity contribution is -0.882. The van der Waals surface area contributed by atoms with Crippen molar-refractivity contribution in [3.63, 3.8) is 0 Å². The fourth-order valence-corrected chi connectivity index (χ4v) is 1.31. The molecule has 0 fully saturated rings. The van der Waals surface area contributed by atoms with Crippen LogP contribution in [0.5, 0.6) is 0 Å². The predicted octanol–water partition coefficient (Wildman–Crippen LogP) is -2.86. The van der Waals surface area contributed by atoms with E-state index < -0.39 is 0 Å². The first kappa shape index (κ1) is 15.8. The summed E-state index contributed by atoms with van der Waals surface area (Å²) in [7, 11) is 3.95. The second kappa shape index (κ2) is 6.79. The van der Waals surface area contributed by atoms with E-state index in [0.29, 0.717) is 11.0 Å². The summed E-state index contributed by atoms with van der Waals surface area (Å²) in [5.41, 5.74) is 0. The molecule has 0 bridgehead atoms. The highest BCUT2D eigenvalue weighted by Crippen LogP contribution is 1.97. The summed E-state index contributed by atoms with van der Waals surface area (Å²) in [5.74, 6) is -0.493. The number of rotatable bonds is 4. The van der Waals surface area contributed by atoms with Gasteiger partial charge in [-0.05, 0) is 6.42 Å². The van der Waals surface area contributed by atoms with Crippen molar-refractivity contribution in [1.29, 1.82) is 0 Å². The van der Waals surface area contributed by atoms with Crippen LogP contribution in [0.2, 0.25) is 0 Å². The highest BCUT2D eigenvalue weighted by Gasteiger charge is 2.19. The zero-order valence-corrected chi connectivity index (χ0v) is 10.0. The van der Waals surface area contributed by atoms with E-state index in [4.69, 9.17) is 0 Å². The first-order chi connectivity index (χ1) is 5.87. The maximum absolute atomic E-state index is 11.2. The first-order valence-electron chi connectivity index (χ1n) is 4.50. The van der Waals surface area contributed by atoms with Crippen LogP contribution in [0, 0.1) is 0 Å². The Balaban J connectivity index is 0. The van der Waals surface area contributed by atoms with Crippen LogP contribution in [0.3, 0.4) is 0 Å². The van der Waals surface area contributed by atoms with Crippen molar-refractivity contribution >= 4 is 11.8 Å². The number of imide groups is 1. The zero-order chi connectivity index (χ0) is 10.5. The average Bonchev–Trinajstić information content (AvgIpc) is 1.81. The van der Waals surface area contributed by atoms with Crippen molar-refractivity contribution in [3.8, 4) is 0 Å². The summed E-state index contributed by atoms with van der Waals surface area (Å²) in [6.45, 7) is 4.71. The summed E-state index contributed by atoms with van der Waals surface area (Å²) in [6.07, 6.45) is 1.03. The molecule has 0 heterocycles. The molecule has 1 N–H and O–H groups in total. The minimum Gasteiger partial charge on any atom is -1.00 e. The summed E-state index contributed by atoms with van der Waals surface area (Å²) in [4.78, 5) is 21.8. The van der Waals surface area contributed by atoms with Gasteiger partial charge in [-0.1, -0.05) is 6.92 Å². The van der Waals surface area contributed by atoms with Gasteiger partial charge in [0, 0.05) is 6.92 Å². The number of halogens is 1. The van der Waals surface area contributed by atoms with E-state index in [1.807, 2.05) is 14.1 Å². The number of carbonyl (C=O) groups is 2. The average molecular weight is 223 g/mol. The van der Waals surface area contributed by atoms with Crippen molar-refractivity contribution in [2.45, 2.75) is 20.3 Å². The predicted molar refractivity (Wildman–Crippen MR) is 51.0 cm³/mol. The maximum Gasteiger partial charge on any atom is 0.281 e. The van der Waals surface area contributed by atoms with Gasteiger partial charge in [0.15, 0.2) is 6.54 Å². The van der Waals surface area contributed by atoms with E-state index in [-0.39, 0.29) is 24.2 Å². The normalized spacial score (nSPS) is 10.3. The lowest BCUT2D eigenvalue weighted by Crippen LogP contribution is -3.00. The Morgan fingerprint density at radius 3 is 2.14 bits per heavy atom. The molecule has 0 unspecified atom stereocenters. The summed E-state index contributed by atoms with van der Waals surface area (Å²) in [5, 5.41) is 2.26. The van der Waals surface area contributed by atoms with Crippen molar-refractivity contribution in [3.05, 3.63) is 0 Å². The van der Waals surface area contributed by atoms with Gasteiger partial charge in [0.05, 0.1) is 20.6 Å². The van der Waals surface area contributed by atoms with E-state index >= 15 is 0 Å². The number of hydrogen-bond acceptors (Lipinski definition) is 2. The molecule has 0 saturated heterocycles. The fourth-order valence-electron chi connectivity index (χ4n) is 1.31. The molecule has 84 valence electrons. The molecule has 14 heavy (non-hydrogen) atoms. The Hall–Kier alpha value is -0.610. The van der Waals surface area contributed by atoms with Crippen molar-refractivity contribution < 1.29 is 26.5 Å². The lowest BCUT2D eigenvalue weighted by Gasteiger charge is -2.28. The smallest absolute Gasteiger partial charge is 0.281 e. The number of likely N-dealkylation sites (N-methyl/N-ethyl adjacent to an activating group) is 1. The summed E-state index contributed by atoms with van der Waals surface area (Å²) >= 11 is 0. The van der Waals surface area contributed by atoms with Gasteiger partial charge in [0.2, 0.25) is 5.91 Å². The number of hydrogen-bond donors (Lipinski definition) is 1. The number of nitrogens with one attached hydrogen (secondary N) is 1. The minimum absolute atomic E-state index is 0. The quantitative estimate of drug-likeness (QED) is 0.521. The van der Waals surface area contributed by atoms with Crippen LogP contribution in [0.1, 0.15) is 20.3 Å². The van der Waals surface area contributed by atoms with Gasteiger partial charge in [-0.15, -0.1) is 0 Å². The first-order valence-corrected chi connectivity index (χ1v) is 4.50.